The van der Waals surface area contributed by atoms with Crippen molar-refractivity contribution in [3.05, 3.63) is 71.8 Å². The lowest BCUT2D eigenvalue weighted by molar-refractivity contribution is 0.0665. The summed E-state index contributed by atoms with van der Waals surface area (Å²) in [4.78, 5) is 0. The van der Waals surface area contributed by atoms with E-state index in [9.17, 15) is 0 Å². The Balaban J connectivity index is 1.93. The van der Waals surface area contributed by atoms with Crippen LogP contribution < -0.4 is 4.74 Å². The highest BCUT2D eigenvalue weighted by Gasteiger charge is 2.04. The van der Waals surface area contributed by atoms with E-state index in [0.29, 0.717) is 6.61 Å². The van der Waals surface area contributed by atoms with E-state index in [0.717, 1.165) is 24.2 Å². The molecule has 0 radical (unpaired) electrons. The third-order valence-electron chi connectivity index (χ3n) is 3.50. The van der Waals surface area contributed by atoms with Crippen LogP contribution in [0.15, 0.2) is 60.7 Å². The van der Waals surface area contributed by atoms with Crippen molar-refractivity contribution in [3.63, 3.8) is 0 Å². The summed E-state index contributed by atoms with van der Waals surface area (Å²) in [5.41, 5.74) is 2.37. The summed E-state index contributed by atoms with van der Waals surface area (Å²) in [6.07, 6.45) is 6.54. The minimum atomic E-state index is 0.146. The third kappa shape index (κ3) is 5.38. The average Bonchev–Trinajstić information content (AvgIpc) is 2.59. The molecule has 2 heteroatoms. The molecule has 1 unspecified atom stereocenters. The van der Waals surface area contributed by atoms with Gasteiger partial charge in [0.2, 0.25) is 0 Å². The summed E-state index contributed by atoms with van der Waals surface area (Å²) in [6, 6.07) is 18.3. The van der Waals surface area contributed by atoms with Crippen LogP contribution in [0.4, 0.5) is 0 Å². The van der Waals surface area contributed by atoms with Crippen LogP contribution in [0.25, 0.3) is 6.08 Å². The first-order chi connectivity index (χ1) is 10.8. The molecule has 116 valence electrons. The fourth-order valence-electron chi connectivity index (χ4n) is 2.23. The molecule has 0 aliphatic heterocycles. The van der Waals surface area contributed by atoms with Gasteiger partial charge in [0.15, 0.2) is 0 Å². The molecular formula is C20H24O2. The number of methoxy groups -OCH3 is 1. The predicted molar refractivity (Wildman–Crippen MR) is 92.0 cm³/mol. The van der Waals surface area contributed by atoms with Crippen LogP contribution in [0.2, 0.25) is 0 Å². The van der Waals surface area contributed by atoms with E-state index in [-0.39, 0.29) is 6.10 Å². The summed E-state index contributed by atoms with van der Waals surface area (Å²) >= 11 is 0. The van der Waals surface area contributed by atoms with E-state index in [1.807, 2.05) is 30.3 Å². The molecule has 22 heavy (non-hydrogen) atoms. The Morgan fingerprint density at radius 2 is 1.73 bits per heavy atom. The lowest BCUT2D eigenvalue weighted by Crippen LogP contribution is -2.09. The zero-order chi connectivity index (χ0) is 15.6. The molecule has 0 aliphatic rings. The van der Waals surface area contributed by atoms with E-state index in [4.69, 9.17) is 9.47 Å². The standard InChI is InChI=1S/C20H24O2/c1-3-7-20(22-16-18-8-5-4-6-9-18)15-12-17-10-13-19(21-2)14-11-17/h4-6,8-15,20H,3,7,16H2,1-2H3/b15-12+. The van der Waals surface area contributed by atoms with Crippen molar-refractivity contribution in [2.45, 2.75) is 32.5 Å². The molecule has 1 atom stereocenters. The Kier molecular flexibility index (Phi) is 6.72. The first-order valence-electron chi connectivity index (χ1n) is 7.79. The van der Waals surface area contributed by atoms with Gasteiger partial charge in [-0.2, -0.15) is 0 Å². The number of ether oxygens (including phenoxy) is 2. The van der Waals surface area contributed by atoms with Gasteiger partial charge in [0, 0.05) is 0 Å². The minimum absolute atomic E-state index is 0.146. The number of hydrogen-bond acceptors (Lipinski definition) is 2. The Morgan fingerprint density at radius 1 is 1.00 bits per heavy atom. The molecule has 2 rings (SSSR count). The molecule has 0 amide bonds. The summed E-state index contributed by atoms with van der Waals surface area (Å²) < 4.78 is 11.2. The quantitative estimate of drug-likeness (QED) is 0.675. The zero-order valence-corrected chi connectivity index (χ0v) is 13.4. The molecule has 2 aromatic carbocycles. The van der Waals surface area contributed by atoms with Crippen LogP contribution in [0.5, 0.6) is 5.75 Å². The Labute approximate surface area is 133 Å². The van der Waals surface area contributed by atoms with Crippen LogP contribution in [-0.4, -0.2) is 13.2 Å². The van der Waals surface area contributed by atoms with Crippen molar-refractivity contribution in [1.29, 1.82) is 0 Å². The molecule has 0 N–H and O–H groups in total. The second kappa shape index (κ2) is 9.06. The fraction of sp³-hybridized carbons (Fsp3) is 0.300. The van der Waals surface area contributed by atoms with Crippen LogP contribution in [-0.2, 0) is 11.3 Å². The van der Waals surface area contributed by atoms with Gasteiger partial charge in [-0.05, 0) is 29.7 Å². The highest BCUT2D eigenvalue weighted by Crippen LogP contribution is 2.14. The molecule has 2 nitrogen and oxygen atoms in total. The molecule has 0 heterocycles. The minimum Gasteiger partial charge on any atom is -0.497 e. The molecule has 2 aromatic rings. The predicted octanol–water partition coefficient (Wildman–Crippen LogP) is 5.09. The van der Waals surface area contributed by atoms with Crippen LogP contribution in [0.1, 0.15) is 30.9 Å². The molecule has 0 spiro atoms. The second-order valence-electron chi connectivity index (χ2n) is 5.26. The number of benzene rings is 2. The Morgan fingerprint density at radius 3 is 2.36 bits per heavy atom. The van der Waals surface area contributed by atoms with Gasteiger partial charge < -0.3 is 9.47 Å². The van der Waals surface area contributed by atoms with Crippen molar-refractivity contribution in [2.24, 2.45) is 0 Å². The van der Waals surface area contributed by atoms with Crippen molar-refractivity contribution in [1.82, 2.24) is 0 Å². The average molecular weight is 296 g/mol. The largest absolute Gasteiger partial charge is 0.497 e. The van der Waals surface area contributed by atoms with Gasteiger partial charge in [-0.3, -0.25) is 0 Å². The maximum atomic E-state index is 6.02. The lowest BCUT2D eigenvalue weighted by atomic mass is 10.1. The van der Waals surface area contributed by atoms with Crippen LogP contribution in [0, 0.1) is 0 Å². The normalized spacial score (nSPS) is 12.5. The second-order valence-corrected chi connectivity index (χ2v) is 5.26. The molecule has 0 saturated heterocycles. The monoisotopic (exact) mass is 296 g/mol. The van der Waals surface area contributed by atoms with E-state index < -0.39 is 0 Å². The van der Waals surface area contributed by atoms with E-state index in [1.165, 1.54) is 5.56 Å². The highest BCUT2D eigenvalue weighted by atomic mass is 16.5. The summed E-state index contributed by atoms with van der Waals surface area (Å²) in [7, 11) is 1.68. The van der Waals surface area contributed by atoms with Gasteiger partial charge in [-0.1, -0.05) is 68.0 Å². The molecule has 0 aromatic heterocycles. The number of rotatable bonds is 8. The molecular weight excluding hydrogens is 272 g/mol. The first kappa shape index (κ1) is 16.3. The fourth-order valence-corrected chi connectivity index (χ4v) is 2.23. The number of hydrogen-bond donors (Lipinski definition) is 0. The molecule has 0 saturated carbocycles. The molecule has 0 aliphatic carbocycles. The molecule has 0 bridgehead atoms. The van der Waals surface area contributed by atoms with Crippen LogP contribution >= 0.6 is 0 Å². The van der Waals surface area contributed by atoms with Crippen molar-refractivity contribution in [3.8, 4) is 5.75 Å². The maximum absolute atomic E-state index is 6.02. The third-order valence-corrected chi connectivity index (χ3v) is 3.50. The summed E-state index contributed by atoms with van der Waals surface area (Å²) in [5, 5.41) is 0. The lowest BCUT2D eigenvalue weighted by Gasteiger charge is -2.13. The van der Waals surface area contributed by atoms with E-state index >= 15 is 0 Å². The van der Waals surface area contributed by atoms with Crippen LogP contribution in [0.3, 0.4) is 0 Å². The maximum Gasteiger partial charge on any atom is 0.118 e. The topological polar surface area (TPSA) is 18.5 Å². The summed E-state index contributed by atoms with van der Waals surface area (Å²) in [5.74, 6) is 0.877. The van der Waals surface area contributed by atoms with E-state index in [1.54, 1.807) is 7.11 Å². The van der Waals surface area contributed by atoms with Crippen molar-refractivity contribution >= 4 is 6.08 Å². The Hall–Kier alpha value is -2.06. The zero-order valence-electron chi connectivity index (χ0n) is 13.4. The Bertz CT molecular complexity index is 558. The van der Waals surface area contributed by atoms with Crippen molar-refractivity contribution < 1.29 is 9.47 Å². The summed E-state index contributed by atoms with van der Waals surface area (Å²) in [6.45, 7) is 2.83. The molecule has 0 fully saturated rings. The van der Waals surface area contributed by atoms with Gasteiger partial charge in [0.05, 0.1) is 19.8 Å². The van der Waals surface area contributed by atoms with Gasteiger partial charge in [0.25, 0.3) is 0 Å². The first-order valence-corrected chi connectivity index (χ1v) is 7.79. The van der Waals surface area contributed by atoms with Gasteiger partial charge in [-0.25, -0.2) is 0 Å². The van der Waals surface area contributed by atoms with E-state index in [2.05, 4.69) is 43.3 Å². The smallest absolute Gasteiger partial charge is 0.118 e. The van der Waals surface area contributed by atoms with Gasteiger partial charge in [0.1, 0.15) is 5.75 Å². The SMILES string of the molecule is CCCC(/C=C/c1ccc(OC)cc1)OCc1ccccc1. The van der Waals surface area contributed by atoms with Crippen molar-refractivity contribution in [2.75, 3.05) is 7.11 Å². The highest BCUT2D eigenvalue weighted by molar-refractivity contribution is 5.51. The van der Waals surface area contributed by atoms with Gasteiger partial charge in [-0.15, -0.1) is 0 Å². The van der Waals surface area contributed by atoms with Gasteiger partial charge >= 0.3 is 0 Å².